The minimum absolute atomic E-state index is 0.101. The highest BCUT2D eigenvalue weighted by Gasteiger charge is 2.26. The molecule has 0 saturated carbocycles. The smallest absolute Gasteiger partial charge is 0.431 e. The van der Waals surface area contributed by atoms with E-state index < -0.39 is 23.3 Å². The molecule has 0 aliphatic rings. The van der Waals surface area contributed by atoms with E-state index >= 15 is 0 Å². The number of esters is 1. The topological polar surface area (TPSA) is 103 Å². The normalized spacial score (nSPS) is 12.3. The van der Waals surface area contributed by atoms with Crippen LogP contribution < -0.4 is 5.48 Å². The number of ether oxygens (including phenoxy) is 2. The highest BCUT2D eigenvalue weighted by molar-refractivity contribution is 6.14. The molecule has 8 heteroatoms. The van der Waals surface area contributed by atoms with Gasteiger partial charge in [-0.05, 0) is 59.2 Å². The van der Waals surface area contributed by atoms with Crippen molar-refractivity contribution in [1.82, 2.24) is 15.4 Å². The number of benzene rings is 2. The maximum absolute atomic E-state index is 13.3. The van der Waals surface area contributed by atoms with E-state index in [4.69, 9.17) is 14.3 Å². The second-order valence-electron chi connectivity index (χ2n) is 10.9. The predicted molar refractivity (Wildman–Crippen MR) is 148 cm³/mol. The lowest BCUT2D eigenvalue weighted by molar-refractivity contribution is -0.0149. The average molecular weight is 516 g/mol. The molecule has 198 valence electrons. The first-order valence-electron chi connectivity index (χ1n) is 12.4. The van der Waals surface area contributed by atoms with E-state index in [1.54, 1.807) is 27.0 Å². The molecule has 2 N–H and O–H groups in total. The molecule has 0 aliphatic carbocycles. The van der Waals surface area contributed by atoms with E-state index in [0.29, 0.717) is 16.6 Å². The van der Waals surface area contributed by atoms with Gasteiger partial charge in [-0.1, -0.05) is 48.5 Å². The summed E-state index contributed by atoms with van der Waals surface area (Å²) in [5, 5.41) is 2.49. The fourth-order valence-electron chi connectivity index (χ4n) is 3.93. The van der Waals surface area contributed by atoms with Gasteiger partial charge in [0.1, 0.15) is 17.8 Å². The number of hydroxylamine groups is 1. The summed E-state index contributed by atoms with van der Waals surface area (Å²) < 4.78 is 10.9. The van der Waals surface area contributed by atoms with Gasteiger partial charge in [-0.15, -0.1) is 0 Å². The molecule has 38 heavy (non-hydrogen) atoms. The van der Waals surface area contributed by atoms with Gasteiger partial charge in [-0.3, -0.25) is 9.82 Å². The van der Waals surface area contributed by atoms with Crippen LogP contribution in [0.15, 0.2) is 54.7 Å². The lowest BCUT2D eigenvalue weighted by Gasteiger charge is -2.20. The van der Waals surface area contributed by atoms with Crippen LogP contribution in [0.25, 0.3) is 33.8 Å². The van der Waals surface area contributed by atoms with Gasteiger partial charge < -0.3 is 14.5 Å². The third-order valence-electron chi connectivity index (χ3n) is 5.39. The van der Waals surface area contributed by atoms with Gasteiger partial charge in [0, 0.05) is 22.4 Å². The summed E-state index contributed by atoms with van der Waals surface area (Å²) in [6.07, 6.45) is 5.02. The number of rotatable bonds is 6. The molecule has 0 fully saturated rings. The van der Waals surface area contributed by atoms with E-state index in [2.05, 4.69) is 15.4 Å². The highest BCUT2D eigenvalue weighted by atomic mass is 16.7. The summed E-state index contributed by atoms with van der Waals surface area (Å²) >= 11 is 0. The van der Waals surface area contributed by atoms with Crippen molar-refractivity contribution in [3.05, 3.63) is 77.2 Å². The Kier molecular flexibility index (Phi) is 7.55. The van der Waals surface area contributed by atoms with Crippen LogP contribution in [0.3, 0.4) is 0 Å². The maximum Gasteiger partial charge on any atom is 0.431 e. The quantitative estimate of drug-likeness (QED) is 0.216. The zero-order valence-electron chi connectivity index (χ0n) is 22.5. The zero-order chi connectivity index (χ0) is 27.5. The van der Waals surface area contributed by atoms with Gasteiger partial charge >= 0.3 is 12.1 Å². The fourth-order valence-corrected chi connectivity index (χ4v) is 3.93. The summed E-state index contributed by atoms with van der Waals surface area (Å²) in [7, 11) is 0. The number of H-pyrrole nitrogens is 1. The molecular formula is C30H33N3O5. The molecule has 0 saturated heterocycles. The molecule has 0 bridgehead atoms. The van der Waals surface area contributed by atoms with Gasteiger partial charge in [0.2, 0.25) is 0 Å². The molecule has 1 amide bonds. The van der Waals surface area contributed by atoms with Crippen LogP contribution in [-0.4, -0.2) is 33.2 Å². The summed E-state index contributed by atoms with van der Waals surface area (Å²) in [5.41, 5.74) is 4.31. The molecule has 0 aliphatic heterocycles. The van der Waals surface area contributed by atoms with E-state index in [-0.39, 0.29) is 6.61 Å². The highest BCUT2D eigenvalue weighted by Crippen LogP contribution is 2.31. The molecule has 0 radical (unpaired) electrons. The molecule has 2 aromatic heterocycles. The molecule has 2 heterocycles. The predicted octanol–water partition coefficient (Wildman–Crippen LogP) is 6.80. The Hall–Kier alpha value is -4.17. The second kappa shape index (κ2) is 10.7. The summed E-state index contributed by atoms with van der Waals surface area (Å²) in [6, 6.07) is 15.7. The summed E-state index contributed by atoms with van der Waals surface area (Å²) in [4.78, 5) is 38.6. The van der Waals surface area contributed by atoms with Gasteiger partial charge in [0.25, 0.3) is 0 Å². The van der Waals surface area contributed by atoms with Crippen molar-refractivity contribution in [3.8, 4) is 0 Å². The number of fused-ring (bicyclic) bond motifs is 3. The Morgan fingerprint density at radius 3 is 2.32 bits per heavy atom. The largest absolute Gasteiger partial charge is 0.456 e. The lowest BCUT2D eigenvalue weighted by Crippen LogP contribution is -2.32. The van der Waals surface area contributed by atoms with Crippen LogP contribution >= 0.6 is 0 Å². The van der Waals surface area contributed by atoms with E-state index in [9.17, 15) is 9.59 Å². The molecule has 4 aromatic rings. The number of aromatic nitrogens is 2. The number of amides is 1. The number of nitrogens with zero attached hydrogens (tertiary/aromatic N) is 1. The van der Waals surface area contributed by atoms with Crippen molar-refractivity contribution >= 4 is 45.9 Å². The number of aromatic amines is 1. The number of pyridine rings is 1. The van der Waals surface area contributed by atoms with Gasteiger partial charge in [0.15, 0.2) is 0 Å². The van der Waals surface area contributed by atoms with Crippen LogP contribution in [0.2, 0.25) is 0 Å². The number of hydrogen-bond donors (Lipinski definition) is 2. The molecule has 8 nitrogen and oxygen atoms in total. The molecule has 0 unspecified atom stereocenters. The van der Waals surface area contributed by atoms with Crippen molar-refractivity contribution in [2.75, 3.05) is 0 Å². The Bertz CT molecular complexity index is 1490. The molecule has 0 atom stereocenters. The Morgan fingerprint density at radius 2 is 1.63 bits per heavy atom. The number of hydrogen-bond acceptors (Lipinski definition) is 6. The van der Waals surface area contributed by atoms with Crippen molar-refractivity contribution < 1.29 is 23.9 Å². The van der Waals surface area contributed by atoms with Crippen molar-refractivity contribution in [1.29, 1.82) is 0 Å². The molecular weight excluding hydrogens is 482 g/mol. The van der Waals surface area contributed by atoms with E-state index in [1.807, 2.05) is 81.5 Å². The van der Waals surface area contributed by atoms with Crippen molar-refractivity contribution in [3.63, 3.8) is 0 Å². The SMILES string of the molecule is CC(C)(C)OC(=O)NOCc1[nH]c2c(ccc3cnc(/C=C/c4ccccc4)cc32)c1C(=O)OC(C)(C)C. The number of carbonyl (C=O) groups excluding carboxylic acids is 2. The van der Waals surface area contributed by atoms with Crippen molar-refractivity contribution in [2.24, 2.45) is 0 Å². The Morgan fingerprint density at radius 1 is 0.921 bits per heavy atom. The first-order chi connectivity index (χ1) is 17.9. The maximum atomic E-state index is 13.3. The van der Waals surface area contributed by atoms with Crippen LogP contribution in [-0.2, 0) is 20.9 Å². The van der Waals surface area contributed by atoms with Gasteiger partial charge in [-0.25, -0.2) is 9.59 Å². The van der Waals surface area contributed by atoms with Crippen LogP contribution in [0.4, 0.5) is 4.79 Å². The third-order valence-corrected chi connectivity index (χ3v) is 5.39. The zero-order valence-corrected chi connectivity index (χ0v) is 22.5. The molecule has 0 spiro atoms. The average Bonchev–Trinajstić information content (AvgIpc) is 3.20. The summed E-state index contributed by atoms with van der Waals surface area (Å²) in [6.45, 7) is 10.6. The lowest BCUT2D eigenvalue weighted by atomic mass is 10.0. The Labute approximate surface area is 222 Å². The van der Waals surface area contributed by atoms with Crippen molar-refractivity contribution in [2.45, 2.75) is 59.4 Å². The first kappa shape index (κ1) is 26.9. The van der Waals surface area contributed by atoms with Crippen LogP contribution in [0.1, 0.15) is 68.9 Å². The standard InChI is InChI=1S/C30H33N3O5/c1-29(2,3)37-27(34)25-22-15-13-20-17-31-21(14-12-19-10-8-7-9-11-19)16-23(20)26(22)32-24(25)18-36-33-28(35)38-30(4,5)6/h7-17,32H,18H2,1-6H3,(H,33,35)/b14-12+. The fraction of sp³-hybridized carbons (Fsp3) is 0.300. The Balaban J connectivity index is 1.72. The summed E-state index contributed by atoms with van der Waals surface area (Å²) in [5.74, 6) is -0.489. The third kappa shape index (κ3) is 6.77. The van der Waals surface area contributed by atoms with E-state index in [1.165, 1.54) is 0 Å². The van der Waals surface area contributed by atoms with Gasteiger partial charge in [0.05, 0.1) is 22.5 Å². The monoisotopic (exact) mass is 515 g/mol. The minimum atomic E-state index is -0.723. The first-order valence-corrected chi connectivity index (χ1v) is 12.4. The minimum Gasteiger partial charge on any atom is -0.456 e. The second-order valence-corrected chi connectivity index (χ2v) is 10.9. The number of carbonyl (C=O) groups is 2. The molecule has 4 rings (SSSR count). The van der Waals surface area contributed by atoms with Crippen LogP contribution in [0, 0.1) is 0 Å². The van der Waals surface area contributed by atoms with Crippen LogP contribution in [0.5, 0.6) is 0 Å². The van der Waals surface area contributed by atoms with E-state index in [0.717, 1.165) is 27.5 Å². The molecule has 2 aromatic carbocycles. The number of nitrogens with one attached hydrogen (secondary N) is 2. The van der Waals surface area contributed by atoms with Gasteiger partial charge in [-0.2, -0.15) is 5.48 Å².